The average Bonchev–Trinajstić information content (AvgIpc) is 2.96. The van der Waals surface area contributed by atoms with Crippen LogP contribution in [0.25, 0.3) is 0 Å². The summed E-state index contributed by atoms with van der Waals surface area (Å²) >= 11 is 0. The van der Waals surface area contributed by atoms with Gasteiger partial charge in [0.1, 0.15) is 0 Å². The molecule has 0 unspecified atom stereocenters. The van der Waals surface area contributed by atoms with Crippen LogP contribution in [0.3, 0.4) is 0 Å². The maximum absolute atomic E-state index is 10.8. The second-order valence-electron chi connectivity index (χ2n) is 7.64. The monoisotopic (exact) mass is 378 g/mol. The molecular weight excluding hydrogens is 344 g/mol. The molecule has 3 rings (SSSR count). The van der Waals surface area contributed by atoms with E-state index in [-0.39, 0.29) is 6.10 Å². The Morgan fingerprint density at radius 2 is 1.56 bits per heavy atom. The molecule has 2 aliphatic rings. The minimum Gasteiger partial charge on any atom is -0.493 e. The van der Waals surface area contributed by atoms with Gasteiger partial charge in [-0.25, -0.2) is 0 Å². The van der Waals surface area contributed by atoms with E-state index in [1.807, 2.05) is 12.1 Å². The number of piperidine rings is 1. The number of likely N-dealkylation sites (tertiary alicyclic amines) is 2. The minimum absolute atomic E-state index is 0.293. The lowest BCUT2D eigenvalue weighted by Gasteiger charge is -2.41. The summed E-state index contributed by atoms with van der Waals surface area (Å²) in [4.78, 5) is 4.84. The van der Waals surface area contributed by atoms with Crippen LogP contribution in [0, 0.1) is 0 Å². The van der Waals surface area contributed by atoms with Gasteiger partial charge in [-0.05, 0) is 50.0 Å². The van der Waals surface area contributed by atoms with E-state index in [0.29, 0.717) is 29.8 Å². The number of benzene rings is 1. The number of aliphatic hydroxyl groups is 1. The lowest BCUT2D eigenvalue weighted by molar-refractivity contribution is -0.0144. The lowest BCUT2D eigenvalue weighted by Crippen LogP contribution is -2.54. The summed E-state index contributed by atoms with van der Waals surface area (Å²) in [5.74, 6) is 1.96. The third kappa shape index (κ3) is 4.86. The molecule has 0 spiro atoms. The molecule has 0 radical (unpaired) electrons. The smallest absolute Gasteiger partial charge is 0.203 e. The molecule has 0 aromatic heterocycles. The Labute approximate surface area is 163 Å². The first-order valence-corrected chi connectivity index (χ1v) is 10.1. The highest BCUT2D eigenvalue weighted by Crippen LogP contribution is 2.38. The minimum atomic E-state index is -0.293. The molecule has 1 aromatic rings. The van der Waals surface area contributed by atoms with Crippen LogP contribution in [0.4, 0.5) is 0 Å². The maximum atomic E-state index is 10.8. The molecule has 152 valence electrons. The van der Waals surface area contributed by atoms with Crippen molar-refractivity contribution in [1.29, 1.82) is 0 Å². The Hall–Kier alpha value is -1.50. The van der Waals surface area contributed by atoms with Gasteiger partial charge in [0.2, 0.25) is 5.75 Å². The largest absolute Gasteiger partial charge is 0.493 e. The first-order valence-electron chi connectivity index (χ1n) is 10.1. The van der Waals surface area contributed by atoms with Crippen molar-refractivity contribution >= 4 is 0 Å². The zero-order valence-corrected chi connectivity index (χ0v) is 16.9. The van der Waals surface area contributed by atoms with Crippen LogP contribution in [0.5, 0.6) is 17.2 Å². The van der Waals surface area contributed by atoms with Gasteiger partial charge < -0.3 is 19.3 Å². The summed E-state index contributed by atoms with van der Waals surface area (Å²) in [6, 6.07) is 4.29. The summed E-state index contributed by atoms with van der Waals surface area (Å²) in [7, 11) is 4.89. The number of ether oxygens (including phenoxy) is 3. The van der Waals surface area contributed by atoms with Gasteiger partial charge in [-0.2, -0.15) is 0 Å². The fourth-order valence-electron chi connectivity index (χ4n) is 4.47. The topological polar surface area (TPSA) is 54.4 Å². The Balaban J connectivity index is 1.64. The molecule has 2 saturated heterocycles. The van der Waals surface area contributed by atoms with E-state index >= 15 is 0 Å². The van der Waals surface area contributed by atoms with Gasteiger partial charge >= 0.3 is 0 Å². The van der Waals surface area contributed by atoms with E-state index < -0.39 is 0 Å². The van der Waals surface area contributed by atoms with Gasteiger partial charge in [-0.15, -0.1) is 0 Å². The molecule has 2 aliphatic heterocycles. The zero-order valence-electron chi connectivity index (χ0n) is 16.9. The molecule has 6 heteroatoms. The molecule has 0 bridgehead atoms. The molecule has 0 saturated carbocycles. The number of methoxy groups -OCH3 is 3. The molecule has 2 fully saturated rings. The molecule has 1 N–H and O–H groups in total. The fraction of sp³-hybridized carbons (Fsp3) is 0.714. The first-order chi connectivity index (χ1) is 13.2. The van der Waals surface area contributed by atoms with Gasteiger partial charge in [0.05, 0.1) is 27.4 Å². The third-order valence-electron chi connectivity index (χ3n) is 5.87. The molecule has 6 nitrogen and oxygen atoms in total. The Morgan fingerprint density at radius 3 is 2.07 bits per heavy atom. The summed E-state index contributed by atoms with van der Waals surface area (Å²) in [5, 5.41) is 10.8. The van der Waals surface area contributed by atoms with Crippen LogP contribution in [0.15, 0.2) is 12.1 Å². The number of aliphatic hydroxyl groups excluding tert-OH is 1. The summed E-state index contributed by atoms with van der Waals surface area (Å²) < 4.78 is 16.3. The van der Waals surface area contributed by atoms with Gasteiger partial charge in [0, 0.05) is 25.7 Å². The highest BCUT2D eigenvalue weighted by atomic mass is 16.5. The van der Waals surface area contributed by atoms with E-state index in [1.165, 1.54) is 25.7 Å². The summed E-state index contributed by atoms with van der Waals surface area (Å²) in [6.45, 7) is 4.73. The standard InChI is InChI=1S/C21H34N2O4/c1-25-19-12-16(13-20(26-2)21(19)27-3)14-22-11-8-17(18(24)15-22)23-9-6-4-5-7-10-23/h12-13,17-18,24H,4-11,14-15H2,1-3H3/t17-,18-/m0/s1. The Morgan fingerprint density at radius 1 is 0.926 bits per heavy atom. The predicted octanol–water partition coefficient (Wildman–Crippen LogP) is 2.52. The van der Waals surface area contributed by atoms with Gasteiger partial charge in [0.15, 0.2) is 11.5 Å². The van der Waals surface area contributed by atoms with Crippen LogP contribution in [-0.4, -0.2) is 74.6 Å². The highest BCUT2D eigenvalue weighted by molar-refractivity contribution is 5.53. The van der Waals surface area contributed by atoms with E-state index in [2.05, 4.69) is 9.80 Å². The number of hydrogen-bond donors (Lipinski definition) is 1. The van der Waals surface area contributed by atoms with Crippen molar-refractivity contribution in [2.24, 2.45) is 0 Å². The highest BCUT2D eigenvalue weighted by Gasteiger charge is 2.32. The molecule has 0 aliphatic carbocycles. The number of hydrogen-bond acceptors (Lipinski definition) is 6. The van der Waals surface area contributed by atoms with Crippen molar-refractivity contribution in [2.45, 2.75) is 50.8 Å². The summed E-state index contributed by atoms with van der Waals surface area (Å²) in [5.41, 5.74) is 1.10. The number of rotatable bonds is 6. The number of nitrogens with zero attached hydrogens (tertiary/aromatic N) is 2. The predicted molar refractivity (Wildman–Crippen MR) is 106 cm³/mol. The van der Waals surface area contributed by atoms with Crippen LogP contribution in [0.2, 0.25) is 0 Å². The number of β-amino-alcohol motifs (C(OH)–C–C–N with tert-alkyl or cyclic N) is 1. The van der Waals surface area contributed by atoms with Crippen molar-refractivity contribution in [3.8, 4) is 17.2 Å². The van der Waals surface area contributed by atoms with Crippen LogP contribution in [-0.2, 0) is 6.54 Å². The first kappa shape index (κ1) is 20.2. The maximum Gasteiger partial charge on any atom is 0.203 e. The van der Waals surface area contributed by atoms with Crippen molar-refractivity contribution in [3.05, 3.63) is 17.7 Å². The van der Waals surface area contributed by atoms with Crippen molar-refractivity contribution < 1.29 is 19.3 Å². The summed E-state index contributed by atoms with van der Waals surface area (Å²) in [6.07, 6.45) is 5.90. The second kappa shape index (κ2) is 9.62. The zero-order chi connectivity index (χ0) is 19.2. The van der Waals surface area contributed by atoms with Gasteiger partial charge in [-0.1, -0.05) is 12.8 Å². The van der Waals surface area contributed by atoms with E-state index in [4.69, 9.17) is 14.2 Å². The van der Waals surface area contributed by atoms with E-state index in [1.54, 1.807) is 21.3 Å². The lowest BCUT2D eigenvalue weighted by atomic mass is 9.99. The molecular formula is C21H34N2O4. The van der Waals surface area contributed by atoms with Crippen molar-refractivity contribution in [2.75, 3.05) is 47.5 Å². The third-order valence-corrected chi connectivity index (χ3v) is 5.87. The van der Waals surface area contributed by atoms with Crippen molar-refractivity contribution in [1.82, 2.24) is 9.80 Å². The average molecular weight is 379 g/mol. The Kier molecular flexibility index (Phi) is 7.21. The Bertz CT molecular complexity index is 577. The van der Waals surface area contributed by atoms with E-state index in [0.717, 1.165) is 38.2 Å². The molecule has 27 heavy (non-hydrogen) atoms. The van der Waals surface area contributed by atoms with Crippen LogP contribution in [0.1, 0.15) is 37.7 Å². The van der Waals surface area contributed by atoms with Crippen LogP contribution >= 0.6 is 0 Å². The molecule has 2 atom stereocenters. The van der Waals surface area contributed by atoms with Gasteiger partial charge in [0.25, 0.3) is 0 Å². The van der Waals surface area contributed by atoms with Gasteiger partial charge in [-0.3, -0.25) is 9.80 Å². The molecule has 2 heterocycles. The second-order valence-corrected chi connectivity index (χ2v) is 7.64. The SMILES string of the molecule is COc1cc(CN2CC[C@H](N3CCCCCC3)[C@@H](O)C2)cc(OC)c1OC. The fourth-order valence-corrected chi connectivity index (χ4v) is 4.47. The molecule has 1 aromatic carbocycles. The molecule has 0 amide bonds. The van der Waals surface area contributed by atoms with Crippen LogP contribution < -0.4 is 14.2 Å². The van der Waals surface area contributed by atoms with E-state index in [9.17, 15) is 5.11 Å². The quantitative estimate of drug-likeness (QED) is 0.821. The van der Waals surface area contributed by atoms with Crippen molar-refractivity contribution in [3.63, 3.8) is 0 Å². The normalized spacial score (nSPS) is 25.0.